The molecular formula is C23H19F2N5O. The van der Waals surface area contributed by atoms with Crippen LogP contribution in [0.2, 0.25) is 0 Å². The Morgan fingerprint density at radius 3 is 2.74 bits per heavy atom. The van der Waals surface area contributed by atoms with Crippen molar-refractivity contribution in [3.8, 4) is 6.07 Å². The summed E-state index contributed by atoms with van der Waals surface area (Å²) < 4.78 is 29.0. The lowest BCUT2D eigenvalue weighted by Gasteiger charge is -2.23. The van der Waals surface area contributed by atoms with Gasteiger partial charge >= 0.3 is 0 Å². The first-order valence-corrected chi connectivity index (χ1v) is 9.81. The number of nitrogens with zero attached hydrogens (tertiary/aromatic N) is 5. The third-order valence-electron chi connectivity index (χ3n) is 5.16. The maximum atomic E-state index is 13.6. The predicted octanol–water partition coefficient (Wildman–Crippen LogP) is 4.48. The van der Waals surface area contributed by atoms with Gasteiger partial charge in [-0.3, -0.25) is 9.48 Å². The summed E-state index contributed by atoms with van der Waals surface area (Å²) in [5.41, 5.74) is 2.09. The minimum Gasteiger partial charge on any atom is -0.272 e. The number of halogens is 2. The Labute approximate surface area is 177 Å². The quantitative estimate of drug-likeness (QED) is 0.553. The van der Waals surface area contributed by atoms with Crippen molar-refractivity contribution in [2.24, 2.45) is 5.10 Å². The number of hydrogen-bond donors (Lipinski definition) is 0. The number of fused-ring (bicyclic) bond motifs is 1. The summed E-state index contributed by atoms with van der Waals surface area (Å²) in [6.07, 6.45) is 4.85. The number of benzene rings is 2. The number of amides is 1. The monoisotopic (exact) mass is 419 g/mol. The second-order valence-electron chi connectivity index (χ2n) is 7.39. The highest BCUT2D eigenvalue weighted by Gasteiger charge is 2.30. The number of rotatable bonds is 6. The van der Waals surface area contributed by atoms with Crippen LogP contribution in [0.15, 0.2) is 59.8 Å². The zero-order valence-electron chi connectivity index (χ0n) is 16.6. The zero-order valence-corrected chi connectivity index (χ0v) is 16.6. The van der Waals surface area contributed by atoms with Gasteiger partial charge in [0.15, 0.2) is 0 Å². The molecule has 1 aromatic heterocycles. The Morgan fingerprint density at radius 2 is 2.00 bits per heavy atom. The van der Waals surface area contributed by atoms with Crippen LogP contribution in [0.4, 0.5) is 8.78 Å². The van der Waals surface area contributed by atoms with Crippen molar-refractivity contribution < 1.29 is 13.6 Å². The molecule has 1 aliphatic heterocycles. The lowest BCUT2D eigenvalue weighted by molar-refractivity contribution is -0.129. The molecule has 31 heavy (non-hydrogen) atoms. The molecule has 2 aromatic carbocycles. The Balaban J connectivity index is 1.37. The number of carbonyl (C=O) groups excluding carboxylic acids is 1. The van der Waals surface area contributed by atoms with E-state index in [-0.39, 0.29) is 5.91 Å². The van der Waals surface area contributed by atoms with Crippen LogP contribution in [0.3, 0.4) is 0 Å². The average Bonchev–Trinajstić information content (AvgIpc) is 3.38. The summed E-state index contributed by atoms with van der Waals surface area (Å²) in [6.45, 7) is 4.45. The van der Waals surface area contributed by atoms with Gasteiger partial charge in [-0.25, -0.2) is 13.8 Å². The van der Waals surface area contributed by atoms with E-state index >= 15 is 0 Å². The van der Waals surface area contributed by atoms with Gasteiger partial charge in [0.05, 0.1) is 23.2 Å². The van der Waals surface area contributed by atoms with E-state index in [1.807, 2.05) is 6.20 Å². The van der Waals surface area contributed by atoms with Gasteiger partial charge in [0.25, 0.3) is 5.91 Å². The van der Waals surface area contributed by atoms with E-state index in [0.717, 1.165) is 17.0 Å². The fourth-order valence-electron chi connectivity index (χ4n) is 3.64. The molecular weight excluding hydrogens is 400 g/mol. The van der Waals surface area contributed by atoms with E-state index in [1.54, 1.807) is 29.1 Å². The van der Waals surface area contributed by atoms with Crippen LogP contribution in [0, 0.1) is 23.0 Å². The first-order chi connectivity index (χ1) is 14.9. The van der Waals surface area contributed by atoms with Crippen LogP contribution in [-0.2, 0) is 11.3 Å². The SMILES string of the molecule is C=C(CCCn1cc2cc(C#N)ccc2n1)C(=O)N1N=CCC1c1cc(F)cc(F)c1. The number of nitriles is 1. The minimum atomic E-state index is -0.693. The Morgan fingerprint density at radius 1 is 1.23 bits per heavy atom. The van der Waals surface area contributed by atoms with Gasteiger partial charge in [0.2, 0.25) is 0 Å². The molecule has 0 saturated carbocycles. The van der Waals surface area contributed by atoms with Gasteiger partial charge in [0, 0.05) is 42.4 Å². The number of hydrogen-bond acceptors (Lipinski definition) is 4. The van der Waals surface area contributed by atoms with E-state index in [2.05, 4.69) is 22.8 Å². The van der Waals surface area contributed by atoms with Crippen LogP contribution in [0.1, 0.15) is 36.4 Å². The summed E-state index contributed by atoms with van der Waals surface area (Å²) in [7, 11) is 0. The molecule has 3 aromatic rings. The van der Waals surface area contributed by atoms with Crippen molar-refractivity contribution in [3.05, 3.63) is 77.5 Å². The Bertz CT molecular complexity index is 1220. The van der Waals surface area contributed by atoms with Gasteiger partial charge in [0.1, 0.15) is 11.6 Å². The van der Waals surface area contributed by atoms with Gasteiger partial charge in [-0.2, -0.15) is 15.5 Å². The van der Waals surface area contributed by atoms with Crippen molar-refractivity contribution in [3.63, 3.8) is 0 Å². The van der Waals surface area contributed by atoms with Gasteiger partial charge in [-0.15, -0.1) is 0 Å². The molecule has 1 aliphatic rings. The predicted molar refractivity (Wildman–Crippen MR) is 112 cm³/mol. The molecule has 0 spiro atoms. The van der Waals surface area contributed by atoms with Crippen molar-refractivity contribution in [2.45, 2.75) is 31.8 Å². The third-order valence-corrected chi connectivity index (χ3v) is 5.16. The van der Waals surface area contributed by atoms with Crippen LogP contribution >= 0.6 is 0 Å². The molecule has 1 unspecified atom stereocenters. The Kier molecular flexibility index (Phi) is 5.58. The third kappa shape index (κ3) is 4.36. The van der Waals surface area contributed by atoms with E-state index < -0.39 is 17.7 Å². The number of aryl methyl sites for hydroxylation is 1. The maximum Gasteiger partial charge on any atom is 0.269 e. The summed E-state index contributed by atoms with van der Waals surface area (Å²) in [5.74, 6) is -1.75. The highest BCUT2D eigenvalue weighted by molar-refractivity contribution is 5.94. The molecule has 0 radical (unpaired) electrons. The van der Waals surface area contributed by atoms with E-state index in [4.69, 9.17) is 5.26 Å². The van der Waals surface area contributed by atoms with Crippen LogP contribution in [0.5, 0.6) is 0 Å². The van der Waals surface area contributed by atoms with Crippen molar-refractivity contribution in [1.82, 2.24) is 14.8 Å². The molecule has 6 nitrogen and oxygen atoms in total. The van der Waals surface area contributed by atoms with E-state index in [0.29, 0.717) is 42.5 Å². The first kappa shape index (κ1) is 20.4. The zero-order chi connectivity index (χ0) is 22.0. The Hall–Kier alpha value is -3.86. The smallest absolute Gasteiger partial charge is 0.269 e. The molecule has 0 N–H and O–H groups in total. The molecule has 0 bridgehead atoms. The number of aromatic nitrogens is 2. The normalized spacial score (nSPS) is 15.4. The fourth-order valence-corrected chi connectivity index (χ4v) is 3.64. The molecule has 0 aliphatic carbocycles. The van der Waals surface area contributed by atoms with E-state index in [9.17, 15) is 13.6 Å². The van der Waals surface area contributed by atoms with Crippen molar-refractivity contribution >= 4 is 23.0 Å². The minimum absolute atomic E-state index is 0.358. The molecule has 2 heterocycles. The van der Waals surface area contributed by atoms with Gasteiger partial charge in [-0.1, -0.05) is 6.58 Å². The summed E-state index contributed by atoms with van der Waals surface area (Å²) >= 11 is 0. The fraction of sp³-hybridized carbons (Fsp3) is 0.217. The van der Waals surface area contributed by atoms with Gasteiger partial charge in [-0.05, 0) is 48.7 Å². The van der Waals surface area contributed by atoms with E-state index in [1.165, 1.54) is 17.1 Å². The molecule has 1 amide bonds. The second-order valence-corrected chi connectivity index (χ2v) is 7.39. The summed E-state index contributed by atoms with van der Waals surface area (Å²) in [5, 5.41) is 19.7. The van der Waals surface area contributed by atoms with Crippen molar-refractivity contribution in [1.29, 1.82) is 5.26 Å². The summed E-state index contributed by atoms with van der Waals surface area (Å²) in [4.78, 5) is 12.8. The lowest BCUT2D eigenvalue weighted by Crippen LogP contribution is -2.28. The largest absolute Gasteiger partial charge is 0.272 e. The molecule has 8 heteroatoms. The molecule has 4 rings (SSSR count). The highest BCUT2D eigenvalue weighted by Crippen LogP contribution is 2.30. The molecule has 0 saturated heterocycles. The van der Waals surface area contributed by atoms with Crippen LogP contribution < -0.4 is 0 Å². The van der Waals surface area contributed by atoms with Crippen molar-refractivity contribution in [2.75, 3.05) is 0 Å². The number of hydrazone groups is 1. The average molecular weight is 419 g/mol. The molecule has 0 fully saturated rings. The van der Waals surface area contributed by atoms with Crippen LogP contribution in [-0.4, -0.2) is 26.9 Å². The topological polar surface area (TPSA) is 74.3 Å². The lowest BCUT2D eigenvalue weighted by atomic mass is 10.0. The van der Waals surface area contributed by atoms with Crippen LogP contribution in [0.25, 0.3) is 10.9 Å². The van der Waals surface area contributed by atoms with Gasteiger partial charge < -0.3 is 0 Å². The number of carbonyl (C=O) groups is 1. The molecule has 1 atom stereocenters. The summed E-state index contributed by atoms with van der Waals surface area (Å²) in [6, 6.07) is 10.1. The first-order valence-electron chi connectivity index (χ1n) is 9.81. The second kappa shape index (κ2) is 8.48. The molecule has 156 valence electrons. The highest BCUT2D eigenvalue weighted by atomic mass is 19.1. The standard InChI is InChI=1S/C23H19F2N5O/c1-15(3-2-8-29-14-18-9-16(13-26)4-5-21(18)28-29)23(31)30-22(6-7-27-30)17-10-19(24)12-20(25)11-17/h4-5,7,9-12,14,22H,1-3,6,8H2. The maximum absolute atomic E-state index is 13.6.